The van der Waals surface area contributed by atoms with Gasteiger partial charge in [0.05, 0.1) is 7.11 Å². The van der Waals surface area contributed by atoms with Gasteiger partial charge in [0.2, 0.25) is 5.91 Å². The van der Waals surface area contributed by atoms with Crippen LogP contribution in [0.4, 0.5) is 10.2 Å². The number of anilines is 1. The van der Waals surface area contributed by atoms with Crippen molar-refractivity contribution in [1.29, 1.82) is 0 Å². The van der Waals surface area contributed by atoms with Crippen LogP contribution >= 0.6 is 0 Å². The average molecular weight is 419 g/mol. The summed E-state index contributed by atoms with van der Waals surface area (Å²) in [6, 6.07) is 16.6. The lowest BCUT2D eigenvalue weighted by molar-refractivity contribution is -0.119. The fraction of sp³-hybridized carbons (Fsp3) is 0.308. The molecule has 1 saturated carbocycles. The van der Waals surface area contributed by atoms with Crippen molar-refractivity contribution in [3.63, 3.8) is 0 Å². The molecule has 0 aliphatic heterocycles. The van der Waals surface area contributed by atoms with Crippen molar-refractivity contribution in [2.45, 2.75) is 38.5 Å². The Kier molecular flexibility index (Phi) is 6.31. The molecule has 0 saturated heterocycles. The van der Waals surface area contributed by atoms with Crippen molar-refractivity contribution in [2.75, 3.05) is 12.4 Å². The van der Waals surface area contributed by atoms with Crippen LogP contribution in [0.2, 0.25) is 0 Å². The van der Waals surface area contributed by atoms with E-state index in [0.717, 1.165) is 36.8 Å². The molecule has 1 aliphatic carbocycles. The summed E-state index contributed by atoms with van der Waals surface area (Å²) in [5.41, 5.74) is 4.31. The molecule has 1 N–H and O–H groups in total. The molecule has 31 heavy (non-hydrogen) atoms. The van der Waals surface area contributed by atoms with Crippen LogP contribution in [0.5, 0.6) is 5.75 Å². The molecule has 4 nitrogen and oxygen atoms in total. The third kappa shape index (κ3) is 4.61. The van der Waals surface area contributed by atoms with Gasteiger partial charge in [-0.2, -0.15) is 0 Å². The number of carbonyl (C=O) groups excluding carboxylic acids is 1. The molecule has 1 amide bonds. The standard InChI is InChI=1S/C26H27FN2O2/c1-3-17-6-4-5-7-22(17)18-8-9-20(14-18)26(30)29-25-15-19(12-13-28-25)23-11-10-21(27)16-24(23)31-2/h4-7,10-13,15-16,18,20H,3,8-9,14H2,1-2H3,(H,28,29,30). The fourth-order valence-electron chi connectivity index (χ4n) is 4.55. The summed E-state index contributed by atoms with van der Waals surface area (Å²) in [6.45, 7) is 2.17. The minimum absolute atomic E-state index is 0.00667. The Labute approximate surface area is 182 Å². The van der Waals surface area contributed by atoms with E-state index in [4.69, 9.17) is 4.74 Å². The van der Waals surface area contributed by atoms with Gasteiger partial charge in [0, 0.05) is 23.7 Å². The van der Waals surface area contributed by atoms with Crippen LogP contribution in [0.15, 0.2) is 60.8 Å². The average Bonchev–Trinajstić information content (AvgIpc) is 3.29. The second-order valence-electron chi connectivity index (χ2n) is 8.02. The molecule has 2 aromatic carbocycles. The van der Waals surface area contributed by atoms with Crippen molar-refractivity contribution in [3.8, 4) is 16.9 Å². The van der Waals surface area contributed by atoms with Crippen LogP contribution in [0, 0.1) is 11.7 Å². The maximum atomic E-state index is 13.5. The summed E-state index contributed by atoms with van der Waals surface area (Å²) < 4.78 is 18.8. The minimum atomic E-state index is -0.358. The number of hydrogen-bond donors (Lipinski definition) is 1. The molecule has 5 heteroatoms. The zero-order valence-corrected chi connectivity index (χ0v) is 17.9. The number of aromatic nitrogens is 1. The number of pyridine rings is 1. The lowest BCUT2D eigenvalue weighted by Crippen LogP contribution is -2.21. The zero-order valence-electron chi connectivity index (χ0n) is 17.9. The SMILES string of the molecule is CCc1ccccc1C1CCC(C(=O)Nc2cc(-c3ccc(F)cc3OC)ccn2)C1. The van der Waals surface area contributed by atoms with Gasteiger partial charge in [-0.25, -0.2) is 9.37 Å². The monoisotopic (exact) mass is 418 g/mol. The molecule has 1 aliphatic rings. The third-order valence-electron chi connectivity index (χ3n) is 6.17. The highest BCUT2D eigenvalue weighted by Gasteiger charge is 2.31. The number of amides is 1. The normalized spacial score (nSPS) is 18.0. The Morgan fingerprint density at radius 2 is 2.00 bits per heavy atom. The molecule has 4 rings (SSSR count). The second kappa shape index (κ2) is 9.29. The van der Waals surface area contributed by atoms with E-state index in [-0.39, 0.29) is 17.6 Å². The van der Waals surface area contributed by atoms with Crippen LogP contribution < -0.4 is 10.1 Å². The highest BCUT2D eigenvalue weighted by molar-refractivity contribution is 5.92. The Bertz CT molecular complexity index is 1080. The van der Waals surface area contributed by atoms with E-state index < -0.39 is 0 Å². The van der Waals surface area contributed by atoms with E-state index in [1.165, 1.54) is 30.4 Å². The predicted molar refractivity (Wildman–Crippen MR) is 121 cm³/mol. The number of aryl methyl sites for hydroxylation is 1. The molecule has 2 unspecified atom stereocenters. The van der Waals surface area contributed by atoms with E-state index in [1.807, 2.05) is 6.07 Å². The molecule has 2 atom stereocenters. The number of rotatable bonds is 6. The van der Waals surface area contributed by atoms with Crippen molar-refractivity contribution in [3.05, 3.63) is 77.7 Å². The lowest BCUT2D eigenvalue weighted by Gasteiger charge is -2.15. The quantitative estimate of drug-likeness (QED) is 0.536. The fourth-order valence-corrected chi connectivity index (χ4v) is 4.55. The summed E-state index contributed by atoms with van der Waals surface area (Å²) in [6.07, 6.45) is 5.40. The first-order valence-corrected chi connectivity index (χ1v) is 10.8. The number of methoxy groups -OCH3 is 1. The summed E-state index contributed by atoms with van der Waals surface area (Å²) in [7, 11) is 1.51. The van der Waals surface area contributed by atoms with E-state index in [9.17, 15) is 9.18 Å². The first kappa shape index (κ1) is 21.0. The molecule has 0 radical (unpaired) electrons. The summed E-state index contributed by atoms with van der Waals surface area (Å²) in [4.78, 5) is 17.2. The van der Waals surface area contributed by atoms with E-state index in [2.05, 4.69) is 41.5 Å². The van der Waals surface area contributed by atoms with Gasteiger partial charge < -0.3 is 10.1 Å². The number of nitrogens with one attached hydrogen (secondary N) is 1. The van der Waals surface area contributed by atoms with Gasteiger partial charge in [-0.05, 0) is 72.6 Å². The first-order valence-electron chi connectivity index (χ1n) is 10.8. The van der Waals surface area contributed by atoms with Crippen molar-refractivity contribution in [2.24, 2.45) is 5.92 Å². The van der Waals surface area contributed by atoms with Crippen molar-refractivity contribution >= 4 is 11.7 Å². The van der Waals surface area contributed by atoms with Crippen LogP contribution in [-0.4, -0.2) is 18.0 Å². The van der Waals surface area contributed by atoms with Gasteiger partial charge in [-0.15, -0.1) is 0 Å². The van der Waals surface area contributed by atoms with Crippen LogP contribution in [-0.2, 0) is 11.2 Å². The molecule has 0 bridgehead atoms. The molecule has 1 heterocycles. The number of nitrogens with zero attached hydrogens (tertiary/aromatic N) is 1. The van der Waals surface area contributed by atoms with Crippen molar-refractivity contribution in [1.82, 2.24) is 4.98 Å². The number of benzene rings is 2. The molecule has 1 fully saturated rings. The Morgan fingerprint density at radius 3 is 2.81 bits per heavy atom. The van der Waals surface area contributed by atoms with Gasteiger partial charge in [-0.1, -0.05) is 31.2 Å². The van der Waals surface area contributed by atoms with Crippen molar-refractivity contribution < 1.29 is 13.9 Å². The van der Waals surface area contributed by atoms with Gasteiger partial charge in [0.25, 0.3) is 0 Å². The minimum Gasteiger partial charge on any atom is -0.496 e. The van der Waals surface area contributed by atoms with E-state index >= 15 is 0 Å². The summed E-state index contributed by atoms with van der Waals surface area (Å²) in [5, 5.41) is 2.98. The Morgan fingerprint density at radius 1 is 1.16 bits per heavy atom. The lowest BCUT2D eigenvalue weighted by atomic mass is 9.91. The van der Waals surface area contributed by atoms with Gasteiger partial charge >= 0.3 is 0 Å². The number of carbonyl (C=O) groups is 1. The predicted octanol–water partition coefficient (Wildman–Crippen LogP) is 5.98. The molecule has 1 aromatic heterocycles. The van der Waals surface area contributed by atoms with Gasteiger partial charge in [0.1, 0.15) is 17.4 Å². The number of halogens is 1. The molecular weight excluding hydrogens is 391 g/mol. The smallest absolute Gasteiger partial charge is 0.228 e. The number of ether oxygens (including phenoxy) is 1. The summed E-state index contributed by atoms with van der Waals surface area (Å²) in [5.74, 6) is 0.981. The molecule has 160 valence electrons. The largest absolute Gasteiger partial charge is 0.496 e. The van der Waals surface area contributed by atoms with Crippen LogP contribution in [0.3, 0.4) is 0 Å². The Balaban J connectivity index is 1.47. The van der Waals surface area contributed by atoms with E-state index in [1.54, 1.807) is 18.3 Å². The second-order valence-corrected chi connectivity index (χ2v) is 8.02. The zero-order chi connectivity index (χ0) is 21.8. The topological polar surface area (TPSA) is 51.2 Å². The summed E-state index contributed by atoms with van der Waals surface area (Å²) >= 11 is 0. The first-order chi connectivity index (χ1) is 15.1. The highest BCUT2D eigenvalue weighted by Crippen LogP contribution is 2.40. The van der Waals surface area contributed by atoms with Gasteiger partial charge in [0.15, 0.2) is 0 Å². The number of hydrogen-bond acceptors (Lipinski definition) is 3. The maximum absolute atomic E-state index is 13.5. The third-order valence-corrected chi connectivity index (χ3v) is 6.17. The Hall–Kier alpha value is -3.21. The van der Waals surface area contributed by atoms with Crippen LogP contribution in [0.1, 0.15) is 43.2 Å². The highest BCUT2D eigenvalue weighted by atomic mass is 19.1. The van der Waals surface area contributed by atoms with E-state index in [0.29, 0.717) is 17.5 Å². The molecule has 3 aromatic rings. The van der Waals surface area contributed by atoms with Gasteiger partial charge in [-0.3, -0.25) is 4.79 Å². The maximum Gasteiger partial charge on any atom is 0.228 e. The molecular formula is C26H27FN2O2. The molecule has 0 spiro atoms. The van der Waals surface area contributed by atoms with Crippen LogP contribution in [0.25, 0.3) is 11.1 Å².